The Morgan fingerprint density at radius 1 is 1.10 bits per heavy atom. The fraction of sp³-hybridized carbons (Fsp3) is 0.154. The molecule has 21 heavy (non-hydrogen) atoms. The van der Waals surface area contributed by atoms with Crippen LogP contribution in [0.15, 0.2) is 53.7 Å². The lowest BCUT2D eigenvalue weighted by Crippen LogP contribution is -2.26. The van der Waals surface area contributed by atoms with Crippen molar-refractivity contribution in [2.45, 2.75) is 17.6 Å². The van der Waals surface area contributed by atoms with Crippen molar-refractivity contribution in [1.29, 1.82) is 0 Å². The van der Waals surface area contributed by atoms with Crippen LogP contribution >= 0.6 is 0 Å². The average Bonchev–Trinajstić information content (AvgIpc) is 2.45. The molecule has 0 saturated heterocycles. The summed E-state index contributed by atoms with van der Waals surface area (Å²) in [6.07, 6.45) is -1.80. The van der Waals surface area contributed by atoms with Crippen molar-refractivity contribution in [2.24, 2.45) is 0 Å². The molecule has 112 valence electrons. The van der Waals surface area contributed by atoms with Gasteiger partial charge in [-0.15, -0.1) is 0 Å². The Morgan fingerprint density at radius 2 is 1.81 bits per heavy atom. The molecule has 0 bridgehead atoms. The molecule has 0 unspecified atom stereocenters. The number of hydrogen-bond acceptors (Lipinski definition) is 3. The normalized spacial score (nSPS) is 12.3. The van der Waals surface area contributed by atoms with Crippen LogP contribution in [0.5, 0.6) is 0 Å². The van der Waals surface area contributed by atoms with Crippen molar-refractivity contribution < 1.29 is 21.6 Å². The molecule has 0 aliphatic rings. The second-order valence-electron chi connectivity index (χ2n) is 4.18. The van der Waals surface area contributed by atoms with Crippen molar-refractivity contribution in [2.75, 3.05) is 0 Å². The molecule has 0 aliphatic heterocycles. The zero-order valence-electron chi connectivity index (χ0n) is 10.6. The van der Waals surface area contributed by atoms with E-state index < -0.39 is 26.7 Å². The van der Waals surface area contributed by atoms with Gasteiger partial charge in [0.2, 0.25) is 10.0 Å². The van der Waals surface area contributed by atoms with Gasteiger partial charge in [-0.3, -0.25) is 4.98 Å². The summed E-state index contributed by atoms with van der Waals surface area (Å²) < 4.78 is 64.7. The van der Waals surface area contributed by atoms with Gasteiger partial charge in [0.15, 0.2) is 0 Å². The van der Waals surface area contributed by atoms with Crippen LogP contribution < -0.4 is 4.72 Å². The lowest BCUT2D eigenvalue weighted by atomic mass is 10.2. The molecule has 4 nitrogen and oxygen atoms in total. The molecule has 1 aromatic carbocycles. The summed E-state index contributed by atoms with van der Waals surface area (Å²) in [7, 11) is -4.27. The van der Waals surface area contributed by atoms with Crippen LogP contribution in [0.2, 0.25) is 0 Å². The van der Waals surface area contributed by atoms with Crippen LogP contribution in [0.4, 0.5) is 13.2 Å². The standard InChI is InChI=1S/C13H11F3N2O2S/c14-13(15,16)11-5-1-2-6-12(11)21(19,20)18-9-10-4-3-7-17-8-10/h1-8,18H,9H2. The quantitative estimate of drug-likeness (QED) is 0.943. The third-order valence-corrected chi connectivity index (χ3v) is 4.13. The molecule has 0 radical (unpaired) electrons. The van der Waals surface area contributed by atoms with E-state index in [1.165, 1.54) is 18.5 Å². The van der Waals surface area contributed by atoms with Gasteiger partial charge in [0.25, 0.3) is 0 Å². The largest absolute Gasteiger partial charge is 0.417 e. The minimum Gasteiger partial charge on any atom is -0.264 e. The molecule has 0 aliphatic carbocycles. The fourth-order valence-corrected chi connectivity index (χ4v) is 2.94. The van der Waals surface area contributed by atoms with E-state index in [0.29, 0.717) is 5.56 Å². The highest BCUT2D eigenvalue weighted by Gasteiger charge is 2.36. The Bertz CT molecular complexity index is 716. The van der Waals surface area contributed by atoms with Gasteiger partial charge < -0.3 is 0 Å². The summed E-state index contributed by atoms with van der Waals surface area (Å²) >= 11 is 0. The lowest BCUT2D eigenvalue weighted by Gasteiger charge is -2.13. The second kappa shape index (κ2) is 5.82. The molecule has 0 fully saturated rings. The molecular formula is C13H11F3N2O2S. The maximum absolute atomic E-state index is 12.8. The number of nitrogens with one attached hydrogen (secondary N) is 1. The molecule has 1 N–H and O–H groups in total. The van der Waals surface area contributed by atoms with Crippen LogP contribution in [0.1, 0.15) is 11.1 Å². The molecule has 8 heteroatoms. The smallest absolute Gasteiger partial charge is 0.264 e. The lowest BCUT2D eigenvalue weighted by molar-refractivity contribution is -0.139. The van der Waals surface area contributed by atoms with Crippen molar-refractivity contribution in [3.63, 3.8) is 0 Å². The summed E-state index contributed by atoms with van der Waals surface area (Å²) in [6.45, 7) is -0.137. The van der Waals surface area contributed by atoms with Crippen LogP contribution in [0.25, 0.3) is 0 Å². The number of sulfonamides is 1. The maximum Gasteiger partial charge on any atom is 0.417 e. The summed E-state index contributed by atoms with van der Waals surface area (Å²) in [5, 5.41) is 0. The third-order valence-electron chi connectivity index (χ3n) is 2.67. The molecule has 1 aromatic heterocycles. The molecule has 0 amide bonds. The molecule has 0 atom stereocenters. The van der Waals surface area contributed by atoms with Gasteiger partial charge >= 0.3 is 6.18 Å². The number of rotatable bonds is 4. The number of nitrogens with zero attached hydrogens (tertiary/aromatic N) is 1. The Balaban J connectivity index is 2.29. The van der Waals surface area contributed by atoms with Crippen LogP contribution in [0.3, 0.4) is 0 Å². The first kappa shape index (κ1) is 15.5. The first-order chi connectivity index (χ1) is 9.81. The third kappa shape index (κ3) is 3.79. The summed E-state index contributed by atoms with van der Waals surface area (Å²) in [5.74, 6) is 0. The van der Waals surface area contributed by atoms with Crippen LogP contribution in [-0.2, 0) is 22.7 Å². The number of halogens is 3. The average molecular weight is 316 g/mol. The number of benzene rings is 1. The van der Waals surface area contributed by atoms with E-state index in [1.807, 2.05) is 0 Å². The van der Waals surface area contributed by atoms with Gasteiger partial charge in [0.1, 0.15) is 0 Å². The van der Waals surface area contributed by atoms with E-state index in [0.717, 1.165) is 18.2 Å². The van der Waals surface area contributed by atoms with E-state index >= 15 is 0 Å². The van der Waals surface area contributed by atoms with Crippen LogP contribution in [-0.4, -0.2) is 13.4 Å². The summed E-state index contributed by atoms with van der Waals surface area (Å²) in [6, 6.07) is 7.27. The van der Waals surface area contributed by atoms with Crippen molar-refractivity contribution in [1.82, 2.24) is 9.71 Å². The number of aromatic nitrogens is 1. The fourth-order valence-electron chi connectivity index (χ4n) is 1.69. The Morgan fingerprint density at radius 3 is 2.43 bits per heavy atom. The zero-order chi connectivity index (χ0) is 15.5. The number of alkyl halides is 3. The predicted molar refractivity (Wildman–Crippen MR) is 69.7 cm³/mol. The minimum absolute atomic E-state index is 0.137. The molecular weight excluding hydrogens is 305 g/mol. The summed E-state index contributed by atoms with van der Waals surface area (Å²) in [5.41, 5.74) is -0.644. The molecule has 0 spiro atoms. The zero-order valence-corrected chi connectivity index (χ0v) is 11.4. The van der Waals surface area contributed by atoms with Crippen molar-refractivity contribution in [3.05, 3.63) is 59.9 Å². The monoisotopic (exact) mass is 316 g/mol. The van der Waals surface area contributed by atoms with Gasteiger partial charge in [-0.2, -0.15) is 13.2 Å². The first-order valence-electron chi connectivity index (χ1n) is 5.85. The highest BCUT2D eigenvalue weighted by atomic mass is 32.2. The predicted octanol–water partition coefficient (Wildman–Crippen LogP) is 2.58. The van der Waals surface area contributed by atoms with E-state index in [-0.39, 0.29) is 6.54 Å². The molecule has 2 aromatic rings. The topological polar surface area (TPSA) is 59.1 Å². The first-order valence-corrected chi connectivity index (χ1v) is 7.34. The molecule has 2 rings (SSSR count). The highest BCUT2D eigenvalue weighted by molar-refractivity contribution is 7.89. The molecule has 1 heterocycles. The minimum atomic E-state index is -4.74. The Labute approximate surface area is 119 Å². The van der Waals surface area contributed by atoms with E-state index in [9.17, 15) is 21.6 Å². The van der Waals surface area contributed by atoms with E-state index in [1.54, 1.807) is 12.1 Å². The Hall–Kier alpha value is -1.93. The van der Waals surface area contributed by atoms with Gasteiger partial charge in [-0.25, -0.2) is 13.1 Å². The van der Waals surface area contributed by atoms with Gasteiger partial charge in [-0.05, 0) is 23.8 Å². The van der Waals surface area contributed by atoms with Gasteiger partial charge in [-0.1, -0.05) is 18.2 Å². The summed E-state index contributed by atoms with van der Waals surface area (Å²) in [4.78, 5) is 3.01. The van der Waals surface area contributed by atoms with E-state index in [2.05, 4.69) is 9.71 Å². The Kier molecular flexibility index (Phi) is 4.29. The highest BCUT2D eigenvalue weighted by Crippen LogP contribution is 2.33. The molecule has 0 saturated carbocycles. The van der Waals surface area contributed by atoms with Gasteiger partial charge in [0.05, 0.1) is 10.5 Å². The number of hydrogen-bond donors (Lipinski definition) is 1. The SMILES string of the molecule is O=S(=O)(NCc1cccnc1)c1ccccc1C(F)(F)F. The van der Waals surface area contributed by atoms with Gasteiger partial charge in [0, 0.05) is 18.9 Å². The van der Waals surface area contributed by atoms with E-state index in [4.69, 9.17) is 0 Å². The second-order valence-corrected chi connectivity index (χ2v) is 5.92. The number of pyridine rings is 1. The van der Waals surface area contributed by atoms with Crippen molar-refractivity contribution in [3.8, 4) is 0 Å². The van der Waals surface area contributed by atoms with Crippen LogP contribution in [0, 0.1) is 0 Å². The van der Waals surface area contributed by atoms with Crippen molar-refractivity contribution >= 4 is 10.0 Å². The maximum atomic E-state index is 12.8.